The second kappa shape index (κ2) is 11.2. The predicted molar refractivity (Wildman–Crippen MR) is 131 cm³/mol. The van der Waals surface area contributed by atoms with Crippen molar-refractivity contribution in [2.75, 3.05) is 19.5 Å². The van der Waals surface area contributed by atoms with Crippen molar-refractivity contribution in [1.29, 1.82) is 0 Å². The van der Waals surface area contributed by atoms with Gasteiger partial charge in [-0.05, 0) is 31.2 Å². The van der Waals surface area contributed by atoms with Crippen molar-refractivity contribution in [3.05, 3.63) is 67.0 Å². The lowest BCUT2D eigenvalue weighted by Gasteiger charge is -2.15. The molecule has 0 spiro atoms. The molecule has 1 heterocycles. The number of sulfone groups is 1. The lowest BCUT2D eigenvalue weighted by atomic mass is 10.2. The van der Waals surface area contributed by atoms with E-state index in [1.807, 2.05) is 0 Å². The molecule has 0 saturated heterocycles. The van der Waals surface area contributed by atoms with Gasteiger partial charge in [-0.1, -0.05) is 36.0 Å². The van der Waals surface area contributed by atoms with E-state index in [2.05, 4.69) is 22.1 Å². The molecule has 0 aliphatic heterocycles. The van der Waals surface area contributed by atoms with Crippen molar-refractivity contribution < 1.29 is 22.7 Å². The molecule has 1 amide bonds. The number of carbonyl (C=O) groups excluding carboxylic acids is 1. The zero-order chi connectivity index (χ0) is 24.7. The second-order valence-corrected chi connectivity index (χ2v) is 10.5. The van der Waals surface area contributed by atoms with Crippen LogP contribution in [0.15, 0.2) is 71.2 Å². The molecular weight excluding hydrogens is 476 g/mol. The minimum atomic E-state index is -3.61. The zero-order valence-electron chi connectivity index (χ0n) is 19.1. The Morgan fingerprint density at radius 2 is 1.91 bits per heavy atom. The lowest BCUT2D eigenvalue weighted by Crippen LogP contribution is -2.23. The molecule has 3 aromatic rings. The lowest BCUT2D eigenvalue weighted by molar-refractivity contribution is -0.115. The Morgan fingerprint density at radius 1 is 1.18 bits per heavy atom. The highest BCUT2D eigenvalue weighted by molar-refractivity contribution is 8.00. The molecule has 0 saturated carbocycles. The van der Waals surface area contributed by atoms with Crippen LogP contribution in [-0.2, 0) is 26.9 Å². The molecule has 0 fully saturated rings. The van der Waals surface area contributed by atoms with Crippen LogP contribution in [0.25, 0.3) is 0 Å². The first-order valence-corrected chi connectivity index (χ1v) is 12.8. The van der Waals surface area contributed by atoms with E-state index in [1.54, 1.807) is 73.2 Å². The fourth-order valence-electron chi connectivity index (χ4n) is 3.05. The maximum absolute atomic E-state index is 12.8. The highest BCUT2D eigenvalue weighted by Crippen LogP contribution is 2.31. The van der Waals surface area contributed by atoms with Crippen LogP contribution in [0.2, 0.25) is 0 Å². The number of thioether (sulfide) groups is 1. The van der Waals surface area contributed by atoms with Crippen molar-refractivity contribution in [2.45, 2.75) is 34.5 Å². The van der Waals surface area contributed by atoms with Gasteiger partial charge >= 0.3 is 0 Å². The van der Waals surface area contributed by atoms with Gasteiger partial charge in [0, 0.05) is 12.6 Å². The Balaban J connectivity index is 1.77. The van der Waals surface area contributed by atoms with E-state index in [1.165, 1.54) is 18.9 Å². The van der Waals surface area contributed by atoms with Gasteiger partial charge in [0.15, 0.2) is 15.0 Å². The Kier molecular flexibility index (Phi) is 8.35. The summed E-state index contributed by atoms with van der Waals surface area (Å²) in [5.41, 5.74) is 0.503. The number of methoxy groups -OCH3 is 2. The molecule has 1 atom stereocenters. The third kappa shape index (κ3) is 5.97. The van der Waals surface area contributed by atoms with E-state index in [0.717, 1.165) is 0 Å². The monoisotopic (exact) mass is 502 g/mol. The molecule has 2 aromatic carbocycles. The Morgan fingerprint density at radius 3 is 2.56 bits per heavy atom. The van der Waals surface area contributed by atoms with Gasteiger partial charge in [0.2, 0.25) is 5.91 Å². The van der Waals surface area contributed by atoms with Crippen LogP contribution in [0.5, 0.6) is 11.5 Å². The second-order valence-electron chi connectivity index (χ2n) is 7.19. The first kappa shape index (κ1) is 25.3. The summed E-state index contributed by atoms with van der Waals surface area (Å²) in [6.45, 7) is 5.76. The maximum atomic E-state index is 12.8. The molecule has 0 aliphatic rings. The molecule has 0 radical (unpaired) electrons. The van der Waals surface area contributed by atoms with Crippen molar-refractivity contribution in [1.82, 2.24) is 14.8 Å². The SMILES string of the molecule is C=CCn1c(CS(=O)(=O)c2ccccc2)nnc1SC(C)C(=O)Nc1ccc(OC)cc1OC. The molecule has 3 rings (SSSR count). The molecule has 34 heavy (non-hydrogen) atoms. The minimum absolute atomic E-state index is 0.207. The van der Waals surface area contributed by atoms with Gasteiger partial charge in [-0.15, -0.1) is 16.8 Å². The molecule has 180 valence electrons. The van der Waals surface area contributed by atoms with Crippen molar-refractivity contribution in [2.24, 2.45) is 0 Å². The summed E-state index contributed by atoms with van der Waals surface area (Å²) < 4.78 is 37.8. The van der Waals surface area contributed by atoms with Crippen LogP contribution in [0, 0.1) is 0 Å². The number of hydrogen-bond acceptors (Lipinski definition) is 8. The summed E-state index contributed by atoms with van der Waals surface area (Å²) >= 11 is 1.17. The number of nitrogens with zero attached hydrogens (tertiary/aromatic N) is 3. The zero-order valence-corrected chi connectivity index (χ0v) is 20.7. The van der Waals surface area contributed by atoms with Crippen molar-refractivity contribution in [3.63, 3.8) is 0 Å². The largest absolute Gasteiger partial charge is 0.497 e. The first-order chi connectivity index (χ1) is 16.3. The van der Waals surface area contributed by atoms with E-state index < -0.39 is 15.1 Å². The predicted octanol–water partition coefficient (Wildman–Crippen LogP) is 3.57. The number of allylic oxidation sites excluding steroid dienone is 1. The number of rotatable bonds is 11. The average Bonchev–Trinajstić information content (AvgIpc) is 3.20. The molecule has 1 aromatic heterocycles. The van der Waals surface area contributed by atoms with Gasteiger partial charge in [0.1, 0.15) is 23.1 Å². The number of benzene rings is 2. The number of anilines is 1. The normalized spacial score (nSPS) is 12.1. The standard InChI is InChI=1S/C23H26N4O5S2/c1-5-13-27-21(15-34(29,30)18-9-7-6-8-10-18)25-26-23(27)33-16(2)22(28)24-19-12-11-17(31-3)14-20(19)32-4/h5-12,14,16H,1,13,15H2,2-4H3,(H,24,28). The van der Waals surface area contributed by atoms with E-state index in [-0.39, 0.29) is 22.4 Å². The number of ether oxygens (including phenoxy) is 2. The van der Waals surface area contributed by atoms with Crippen LogP contribution in [0.1, 0.15) is 12.7 Å². The minimum Gasteiger partial charge on any atom is -0.497 e. The quantitative estimate of drug-likeness (QED) is 0.313. The molecular formula is C23H26N4O5S2. The number of nitrogens with one attached hydrogen (secondary N) is 1. The molecule has 1 unspecified atom stereocenters. The van der Waals surface area contributed by atoms with Crippen LogP contribution < -0.4 is 14.8 Å². The van der Waals surface area contributed by atoms with Crippen LogP contribution in [0.3, 0.4) is 0 Å². The summed E-state index contributed by atoms with van der Waals surface area (Å²) in [7, 11) is -0.559. The summed E-state index contributed by atoms with van der Waals surface area (Å²) in [4.78, 5) is 13.0. The number of amides is 1. The number of carbonyl (C=O) groups is 1. The van der Waals surface area contributed by atoms with Gasteiger partial charge in [0.05, 0.1) is 30.1 Å². The fourth-order valence-corrected chi connectivity index (χ4v) is 5.22. The van der Waals surface area contributed by atoms with Crippen LogP contribution in [0.4, 0.5) is 5.69 Å². The molecule has 9 nitrogen and oxygen atoms in total. The van der Waals surface area contributed by atoms with Gasteiger partial charge in [-0.3, -0.25) is 4.79 Å². The molecule has 0 aliphatic carbocycles. The summed E-state index contributed by atoms with van der Waals surface area (Å²) in [5, 5.41) is 10.9. The van der Waals surface area contributed by atoms with Crippen LogP contribution in [-0.4, -0.2) is 48.6 Å². The highest BCUT2D eigenvalue weighted by atomic mass is 32.2. The van der Waals surface area contributed by atoms with E-state index in [9.17, 15) is 13.2 Å². The van der Waals surface area contributed by atoms with Gasteiger partial charge in [-0.2, -0.15) is 0 Å². The van der Waals surface area contributed by atoms with E-state index >= 15 is 0 Å². The summed E-state index contributed by atoms with van der Waals surface area (Å²) in [5.74, 6) is 0.749. The average molecular weight is 503 g/mol. The van der Waals surface area contributed by atoms with E-state index in [4.69, 9.17) is 9.47 Å². The van der Waals surface area contributed by atoms with Gasteiger partial charge in [0.25, 0.3) is 0 Å². The maximum Gasteiger partial charge on any atom is 0.237 e. The molecule has 1 N–H and O–H groups in total. The Labute approximate surface area is 203 Å². The third-order valence-corrected chi connectivity index (χ3v) is 7.55. The number of aromatic nitrogens is 3. The smallest absolute Gasteiger partial charge is 0.237 e. The third-order valence-electron chi connectivity index (χ3n) is 4.84. The first-order valence-electron chi connectivity index (χ1n) is 10.3. The fraction of sp³-hybridized carbons (Fsp3) is 0.261. The molecule has 0 bridgehead atoms. The summed E-state index contributed by atoms with van der Waals surface area (Å²) in [6.07, 6.45) is 1.62. The van der Waals surface area contributed by atoms with Crippen LogP contribution >= 0.6 is 11.8 Å². The Hall–Kier alpha value is -3.31. The van der Waals surface area contributed by atoms with E-state index in [0.29, 0.717) is 28.9 Å². The Bertz CT molecular complexity index is 1260. The number of hydrogen-bond donors (Lipinski definition) is 1. The van der Waals surface area contributed by atoms with Crippen molar-refractivity contribution in [3.8, 4) is 11.5 Å². The van der Waals surface area contributed by atoms with Gasteiger partial charge < -0.3 is 19.4 Å². The topological polar surface area (TPSA) is 112 Å². The molecule has 11 heteroatoms. The summed E-state index contributed by atoms with van der Waals surface area (Å²) in [6, 6.07) is 13.3. The highest BCUT2D eigenvalue weighted by Gasteiger charge is 2.24. The van der Waals surface area contributed by atoms with Crippen molar-refractivity contribution >= 4 is 33.2 Å². The van der Waals surface area contributed by atoms with Gasteiger partial charge in [-0.25, -0.2) is 8.42 Å².